The van der Waals surface area contributed by atoms with E-state index < -0.39 is 12.0 Å². The van der Waals surface area contributed by atoms with Gasteiger partial charge in [0.15, 0.2) is 0 Å². The molecule has 0 bridgehead atoms. The second kappa shape index (κ2) is 5.48. The molecule has 17 heavy (non-hydrogen) atoms. The Kier molecular flexibility index (Phi) is 4.26. The lowest BCUT2D eigenvalue weighted by Gasteiger charge is -2.17. The van der Waals surface area contributed by atoms with Crippen molar-refractivity contribution >= 4 is 11.9 Å². The fourth-order valence-corrected chi connectivity index (χ4v) is 1.88. The van der Waals surface area contributed by atoms with Gasteiger partial charge in [0.05, 0.1) is 12.5 Å². The maximum atomic E-state index is 11.1. The summed E-state index contributed by atoms with van der Waals surface area (Å²) >= 11 is 0. The molecule has 0 fully saturated rings. The standard InChI is InChI=1S/C13H17NO3/c1-8-4-9(2)6-11(5-8)12(7-13(16)17)14-10(3)15/h4-6,12H,7H2,1-3H3,(H,14,15)(H,16,17)/t12-/m1/s1. The number of aliphatic carboxylic acids is 1. The molecule has 0 radical (unpaired) electrons. The number of carbonyl (C=O) groups is 2. The summed E-state index contributed by atoms with van der Waals surface area (Å²) in [6.45, 7) is 5.28. The van der Waals surface area contributed by atoms with Crippen LogP contribution in [0.2, 0.25) is 0 Å². The SMILES string of the molecule is CC(=O)N[C@H](CC(=O)O)c1cc(C)cc(C)c1. The van der Waals surface area contributed by atoms with Gasteiger partial charge in [0.25, 0.3) is 0 Å². The summed E-state index contributed by atoms with van der Waals surface area (Å²) in [6, 6.07) is 5.34. The summed E-state index contributed by atoms with van der Waals surface area (Å²) in [5, 5.41) is 11.5. The van der Waals surface area contributed by atoms with Gasteiger partial charge in [-0.05, 0) is 19.4 Å². The molecule has 1 aromatic carbocycles. The predicted molar refractivity (Wildman–Crippen MR) is 64.7 cm³/mol. The third-order valence-corrected chi connectivity index (χ3v) is 2.40. The summed E-state index contributed by atoms with van der Waals surface area (Å²) in [4.78, 5) is 21.9. The van der Waals surface area contributed by atoms with Crippen molar-refractivity contribution in [1.82, 2.24) is 5.32 Å². The Morgan fingerprint density at radius 1 is 1.24 bits per heavy atom. The molecule has 0 heterocycles. The van der Waals surface area contributed by atoms with Gasteiger partial charge >= 0.3 is 5.97 Å². The molecule has 1 amide bonds. The number of carboxylic acid groups (broad SMARTS) is 1. The van der Waals surface area contributed by atoms with Crippen molar-refractivity contribution in [3.05, 3.63) is 34.9 Å². The molecule has 92 valence electrons. The van der Waals surface area contributed by atoms with Crippen LogP contribution in [0.5, 0.6) is 0 Å². The predicted octanol–water partition coefficient (Wildman–Crippen LogP) is 1.96. The van der Waals surface area contributed by atoms with Crippen LogP contribution in [-0.2, 0) is 9.59 Å². The van der Waals surface area contributed by atoms with Gasteiger partial charge in [-0.3, -0.25) is 9.59 Å². The highest BCUT2D eigenvalue weighted by Crippen LogP contribution is 2.20. The number of aryl methyl sites for hydroxylation is 2. The molecule has 0 spiro atoms. The lowest BCUT2D eigenvalue weighted by molar-refractivity contribution is -0.137. The van der Waals surface area contributed by atoms with Gasteiger partial charge in [-0.15, -0.1) is 0 Å². The van der Waals surface area contributed by atoms with Gasteiger partial charge in [0, 0.05) is 6.92 Å². The maximum Gasteiger partial charge on any atom is 0.305 e. The van der Waals surface area contributed by atoms with Crippen LogP contribution in [0, 0.1) is 13.8 Å². The van der Waals surface area contributed by atoms with E-state index in [2.05, 4.69) is 5.32 Å². The van der Waals surface area contributed by atoms with Crippen molar-refractivity contribution in [3.63, 3.8) is 0 Å². The Bertz CT molecular complexity index is 404. The maximum absolute atomic E-state index is 11.1. The average Bonchev–Trinajstić information content (AvgIpc) is 2.13. The van der Waals surface area contributed by atoms with Crippen molar-refractivity contribution in [1.29, 1.82) is 0 Å². The third-order valence-electron chi connectivity index (χ3n) is 2.40. The minimum atomic E-state index is -0.928. The van der Waals surface area contributed by atoms with E-state index in [1.54, 1.807) is 0 Å². The molecule has 2 N–H and O–H groups in total. The molecule has 1 rings (SSSR count). The number of carboxylic acids is 1. The number of rotatable bonds is 4. The highest BCUT2D eigenvalue weighted by molar-refractivity contribution is 5.75. The minimum Gasteiger partial charge on any atom is -0.481 e. The first kappa shape index (κ1) is 13.2. The highest BCUT2D eigenvalue weighted by atomic mass is 16.4. The first-order valence-corrected chi connectivity index (χ1v) is 5.45. The number of amides is 1. The van der Waals surface area contributed by atoms with Crippen molar-refractivity contribution in [2.75, 3.05) is 0 Å². The van der Waals surface area contributed by atoms with E-state index in [0.717, 1.165) is 16.7 Å². The van der Waals surface area contributed by atoms with Crippen molar-refractivity contribution in [2.45, 2.75) is 33.2 Å². The first-order valence-electron chi connectivity index (χ1n) is 5.45. The van der Waals surface area contributed by atoms with Gasteiger partial charge in [0.2, 0.25) is 5.91 Å². The zero-order valence-electron chi connectivity index (χ0n) is 10.3. The molecule has 0 saturated carbocycles. The third kappa shape index (κ3) is 4.26. The summed E-state index contributed by atoms with van der Waals surface area (Å²) < 4.78 is 0. The fraction of sp³-hybridized carbons (Fsp3) is 0.385. The van der Waals surface area contributed by atoms with E-state index in [4.69, 9.17) is 5.11 Å². The Labute approximate surface area is 101 Å². The quantitative estimate of drug-likeness (QED) is 0.838. The second-order valence-corrected chi connectivity index (χ2v) is 4.27. The van der Waals surface area contributed by atoms with Gasteiger partial charge in [0.1, 0.15) is 0 Å². The topological polar surface area (TPSA) is 66.4 Å². The second-order valence-electron chi connectivity index (χ2n) is 4.27. The average molecular weight is 235 g/mol. The normalized spacial score (nSPS) is 11.9. The number of hydrogen-bond donors (Lipinski definition) is 2. The van der Waals surface area contributed by atoms with Crippen LogP contribution in [0.15, 0.2) is 18.2 Å². The zero-order chi connectivity index (χ0) is 13.0. The Balaban J connectivity index is 3.02. The number of nitrogens with one attached hydrogen (secondary N) is 1. The molecule has 1 atom stereocenters. The summed E-state index contributed by atoms with van der Waals surface area (Å²) in [7, 11) is 0. The molecule has 0 unspecified atom stereocenters. The largest absolute Gasteiger partial charge is 0.481 e. The van der Waals surface area contributed by atoms with Crippen LogP contribution in [0.25, 0.3) is 0 Å². The van der Waals surface area contributed by atoms with Gasteiger partial charge in [-0.25, -0.2) is 0 Å². The fourth-order valence-electron chi connectivity index (χ4n) is 1.88. The van der Waals surface area contributed by atoms with Crippen molar-refractivity contribution in [3.8, 4) is 0 Å². The van der Waals surface area contributed by atoms with Gasteiger partial charge < -0.3 is 10.4 Å². The lowest BCUT2D eigenvalue weighted by Crippen LogP contribution is -2.28. The molecule has 0 aliphatic rings. The molecule has 0 saturated heterocycles. The van der Waals surface area contributed by atoms with E-state index >= 15 is 0 Å². The molecule has 4 nitrogen and oxygen atoms in total. The first-order chi connectivity index (χ1) is 7.88. The minimum absolute atomic E-state index is 0.109. The number of benzene rings is 1. The number of carbonyl (C=O) groups excluding carboxylic acids is 1. The Morgan fingerprint density at radius 2 is 1.76 bits per heavy atom. The molecular weight excluding hydrogens is 218 g/mol. The van der Waals surface area contributed by atoms with E-state index in [9.17, 15) is 9.59 Å². The molecule has 1 aromatic rings. The highest BCUT2D eigenvalue weighted by Gasteiger charge is 2.16. The monoisotopic (exact) mass is 235 g/mol. The van der Waals surface area contributed by atoms with Crippen LogP contribution in [0.3, 0.4) is 0 Å². The van der Waals surface area contributed by atoms with Gasteiger partial charge in [-0.1, -0.05) is 29.3 Å². The van der Waals surface area contributed by atoms with E-state index in [-0.39, 0.29) is 12.3 Å². The van der Waals surface area contributed by atoms with Crippen LogP contribution in [0.4, 0.5) is 0 Å². The lowest BCUT2D eigenvalue weighted by atomic mass is 9.99. The Morgan fingerprint density at radius 3 is 2.18 bits per heavy atom. The van der Waals surface area contributed by atoms with E-state index in [0.29, 0.717) is 0 Å². The van der Waals surface area contributed by atoms with Crippen LogP contribution in [-0.4, -0.2) is 17.0 Å². The Hall–Kier alpha value is -1.84. The number of hydrogen-bond acceptors (Lipinski definition) is 2. The molecule has 4 heteroatoms. The van der Waals surface area contributed by atoms with Crippen LogP contribution in [0.1, 0.15) is 36.1 Å². The smallest absolute Gasteiger partial charge is 0.305 e. The summed E-state index contributed by atoms with van der Waals surface area (Å²) in [6.07, 6.45) is -0.109. The summed E-state index contributed by atoms with van der Waals surface area (Å²) in [5.41, 5.74) is 2.95. The van der Waals surface area contributed by atoms with Crippen molar-refractivity contribution < 1.29 is 14.7 Å². The molecular formula is C13H17NO3. The van der Waals surface area contributed by atoms with Crippen molar-refractivity contribution in [2.24, 2.45) is 0 Å². The van der Waals surface area contributed by atoms with E-state index in [1.165, 1.54) is 6.92 Å². The zero-order valence-corrected chi connectivity index (χ0v) is 10.3. The van der Waals surface area contributed by atoms with Crippen LogP contribution < -0.4 is 5.32 Å². The van der Waals surface area contributed by atoms with E-state index in [1.807, 2.05) is 32.0 Å². The molecule has 0 aliphatic heterocycles. The summed E-state index contributed by atoms with van der Waals surface area (Å²) in [5.74, 6) is -1.15. The van der Waals surface area contributed by atoms with Crippen LogP contribution >= 0.6 is 0 Å². The molecule has 0 aromatic heterocycles. The molecule has 0 aliphatic carbocycles. The van der Waals surface area contributed by atoms with Gasteiger partial charge in [-0.2, -0.15) is 0 Å².